The number of nitro benzene ring substituents is 1. The number of benzene rings is 2. The summed E-state index contributed by atoms with van der Waals surface area (Å²) < 4.78 is 6.45. The fourth-order valence-electron chi connectivity index (χ4n) is 2.02. The fraction of sp³-hybridized carbons (Fsp3) is 0.0667. The number of hydrogen-bond donors (Lipinski definition) is 2. The van der Waals surface area contributed by atoms with Crippen LogP contribution in [0.2, 0.25) is 5.02 Å². The van der Waals surface area contributed by atoms with Crippen LogP contribution in [-0.2, 0) is 0 Å². The van der Waals surface area contributed by atoms with E-state index in [2.05, 4.69) is 42.5 Å². The van der Waals surface area contributed by atoms with Crippen molar-refractivity contribution in [2.24, 2.45) is 0 Å². The molecule has 0 saturated heterocycles. The number of rotatable bonds is 4. The molecule has 0 saturated carbocycles. The van der Waals surface area contributed by atoms with E-state index in [0.717, 1.165) is 0 Å². The topological polar surface area (TPSA) is 93.5 Å². The van der Waals surface area contributed by atoms with Crippen molar-refractivity contribution in [3.05, 3.63) is 60.0 Å². The Hall–Kier alpha value is -1.75. The van der Waals surface area contributed by atoms with Crippen LogP contribution in [0.15, 0.2) is 39.3 Å². The fourth-order valence-corrected chi connectivity index (χ4v) is 3.78. The molecular formula is C15H10Br2ClN3O4S. The first-order valence-corrected chi connectivity index (χ1v) is 9.19. The van der Waals surface area contributed by atoms with E-state index in [4.69, 9.17) is 28.6 Å². The first kappa shape index (κ1) is 20.6. The average Bonchev–Trinajstić information content (AvgIpc) is 2.55. The molecule has 0 aromatic heterocycles. The van der Waals surface area contributed by atoms with Gasteiger partial charge in [-0.3, -0.25) is 20.2 Å². The first-order chi connectivity index (χ1) is 12.2. The minimum absolute atomic E-state index is 0.104. The van der Waals surface area contributed by atoms with Crippen molar-refractivity contribution < 1.29 is 14.5 Å². The normalized spacial score (nSPS) is 10.2. The SMILES string of the molecule is COc1c(Br)cc(Br)cc1C(=O)NC(=S)Nc1ccc(Cl)cc1[N+](=O)[O-]. The van der Waals surface area contributed by atoms with Gasteiger partial charge in [0.25, 0.3) is 11.6 Å². The molecule has 2 aromatic carbocycles. The molecule has 0 atom stereocenters. The van der Waals surface area contributed by atoms with Gasteiger partial charge in [0.1, 0.15) is 11.4 Å². The molecule has 0 spiro atoms. The van der Waals surface area contributed by atoms with Crippen LogP contribution in [0.4, 0.5) is 11.4 Å². The van der Waals surface area contributed by atoms with Crippen molar-refractivity contribution >= 4 is 78.1 Å². The highest BCUT2D eigenvalue weighted by molar-refractivity contribution is 9.11. The lowest BCUT2D eigenvalue weighted by atomic mass is 10.2. The number of methoxy groups -OCH3 is 1. The number of thiocarbonyl (C=S) groups is 1. The van der Waals surface area contributed by atoms with Crippen molar-refractivity contribution in [1.29, 1.82) is 0 Å². The molecular weight excluding hydrogens is 514 g/mol. The van der Waals surface area contributed by atoms with E-state index in [0.29, 0.717) is 14.7 Å². The summed E-state index contributed by atoms with van der Waals surface area (Å²) in [5.74, 6) is -0.219. The number of amides is 1. The van der Waals surface area contributed by atoms with Gasteiger partial charge in [-0.1, -0.05) is 27.5 Å². The van der Waals surface area contributed by atoms with Crippen molar-refractivity contribution in [3.8, 4) is 5.75 Å². The second-order valence-electron chi connectivity index (χ2n) is 4.80. The zero-order valence-corrected chi connectivity index (χ0v) is 17.8. The molecule has 1 amide bonds. The molecule has 7 nitrogen and oxygen atoms in total. The number of nitrogens with one attached hydrogen (secondary N) is 2. The van der Waals surface area contributed by atoms with E-state index >= 15 is 0 Å². The summed E-state index contributed by atoms with van der Waals surface area (Å²) in [7, 11) is 1.43. The number of nitro groups is 1. The van der Waals surface area contributed by atoms with Gasteiger partial charge >= 0.3 is 0 Å². The first-order valence-electron chi connectivity index (χ1n) is 6.82. The van der Waals surface area contributed by atoms with Crippen LogP contribution in [0.5, 0.6) is 5.75 Å². The van der Waals surface area contributed by atoms with Gasteiger partial charge in [0.2, 0.25) is 0 Å². The summed E-state index contributed by atoms with van der Waals surface area (Å²) >= 11 is 17.4. The Balaban J connectivity index is 2.22. The number of nitrogens with zero attached hydrogens (tertiary/aromatic N) is 1. The largest absolute Gasteiger partial charge is 0.495 e. The molecule has 11 heteroatoms. The van der Waals surface area contributed by atoms with E-state index in [1.807, 2.05) is 0 Å². The number of carbonyl (C=O) groups excluding carboxylic acids is 1. The molecule has 0 aliphatic carbocycles. The Kier molecular flexibility index (Phi) is 6.93. The number of hydrogen-bond acceptors (Lipinski definition) is 5. The van der Waals surface area contributed by atoms with E-state index < -0.39 is 10.8 Å². The van der Waals surface area contributed by atoms with Crippen LogP contribution in [0.1, 0.15) is 10.4 Å². The summed E-state index contributed by atoms with van der Waals surface area (Å²) in [6.07, 6.45) is 0. The maximum atomic E-state index is 12.5. The third kappa shape index (κ3) is 4.91. The monoisotopic (exact) mass is 521 g/mol. The molecule has 0 fully saturated rings. The average molecular weight is 524 g/mol. The lowest BCUT2D eigenvalue weighted by molar-refractivity contribution is -0.383. The highest BCUT2D eigenvalue weighted by atomic mass is 79.9. The second-order valence-corrected chi connectivity index (χ2v) is 7.41. The van der Waals surface area contributed by atoms with E-state index in [9.17, 15) is 14.9 Å². The maximum Gasteiger partial charge on any atom is 0.294 e. The minimum atomic E-state index is -0.604. The van der Waals surface area contributed by atoms with Gasteiger partial charge in [0, 0.05) is 15.6 Å². The van der Waals surface area contributed by atoms with Crippen molar-refractivity contribution in [2.75, 3.05) is 12.4 Å². The molecule has 26 heavy (non-hydrogen) atoms. The summed E-state index contributed by atoms with van der Waals surface area (Å²) in [5.41, 5.74) is 0.0625. The molecule has 2 N–H and O–H groups in total. The summed E-state index contributed by atoms with van der Waals surface area (Å²) in [6, 6.07) is 7.34. The minimum Gasteiger partial charge on any atom is -0.495 e. The van der Waals surface area contributed by atoms with Gasteiger partial charge in [-0.05, 0) is 52.4 Å². The molecule has 0 bridgehead atoms. The van der Waals surface area contributed by atoms with Gasteiger partial charge < -0.3 is 10.1 Å². The smallest absolute Gasteiger partial charge is 0.294 e. The molecule has 0 heterocycles. The van der Waals surface area contributed by atoms with E-state index in [1.54, 1.807) is 12.1 Å². The van der Waals surface area contributed by atoms with Crippen molar-refractivity contribution in [1.82, 2.24) is 5.32 Å². The van der Waals surface area contributed by atoms with Gasteiger partial charge in [0.15, 0.2) is 5.11 Å². The van der Waals surface area contributed by atoms with Crippen LogP contribution in [0.25, 0.3) is 0 Å². The van der Waals surface area contributed by atoms with E-state index in [-0.39, 0.29) is 27.1 Å². The van der Waals surface area contributed by atoms with Crippen LogP contribution in [0, 0.1) is 10.1 Å². The third-order valence-corrected chi connectivity index (χ3v) is 4.57. The molecule has 136 valence electrons. The molecule has 2 aromatic rings. The van der Waals surface area contributed by atoms with Crippen molar-refractivity contribution in [2.45, 2.75) is 0 Å². The number of anilines is 1. The Morgan fingerprint density at radius 3 is 2.62 bits per heavy atom. The van der Waals surface area contributed by atoms with Crippen LogP contribution in [-0.4, -0.2) is 23.1 Å². The Bertz CT molecular complexity index is 911. The second kappa shape index (κ2) is 8.76. The zero-order valence-electron chi connectivity index (χ0n) is 13.0. The predicted molar refractivity (Wildman–Crippen MR) is 110 cm³/mol. The summed E-state index contributed by atoms with van der Waals surface area (Å²) in [5, 5.41) is 16.3. The lowest BCUT2D eigenvalue weighted by Crippen LogP contribution is -2.34. The maximum absolute atomic E-state index is 12.5. The quantitative estimate of drug-likeness (QED) is 0.336. The highest BCUT2D eigenvalue weighted by Gasteiger charge is 2.19. The zero-order chi connectivity index (χ0) is 19.4. The van der Waals surface area contributed by atoms with E-state index in [1.165, 1.54) is 25.3 Å². The number of carbonyl (C=O) groups is 1. The standard InChI is InChI=1S/C15H10Br2ClN3O4S/c1-25-13-9(4-7(16)5-10(13)17)14(22)20-15(26)19-11-3-2-8(18)6-12(11)21(23)24/h2-6H,1H3,(H2,19,20,22,26). The predicted octanol–water partition coefficient (Wildman–Crippen LogP) is 4.91. The third-order valence-electron chi connectivity index (χ3n) is 3.09. The van der Waals surface area contributed by atoms with Gasteiger partial charge in [0.05, 0.1) is 22.1 Å². The molecule has 0 aliphatic rings. The van der Waals surface area contributed by atoms with Gasteiger partial charge in [-0.25, -0.2) is 0 Å². The molecule has 0 aliphatic heterocycles. The summed E-state index contributed by atoms with van der Waals surface area (Å²) in [4.78, 5) is 23.0. The molecule has 0 radical (unpaired) electrons. The Labute approximate surface area is 175 Å². The lowest BCUT2D eigenvalue weighted by Gasteiger charge is -2.13. The van der Waals surface area contributed by atoms with Crippen LogP contribution >= 0.6 is 55.7 Å². The Morgan fingerprint density at radius 2 is 2.00 bits per heavy atom. The highest BCUT2D eigenvalue weighted by Crippen LogP contribution is 2.33. The van der Waals surface area contributed by atoms with Crippen LogP contribution in [0.3, 0.4) is 0 Å². The molecule has 2 rings (SSSR count). The Morgan fingerprint density at radius 1 is 1.31 bits per heavy atom. The molecule has 0 unspecified atom stereocenters. The van der Waals surface area contributed by atoms with Crippen LogP contribution < -0.4 is 15.4 Å². The van der Waals surface area contributed by atoms with Gasteiger partial charge in [-0.15, -0.1) is 0 Å². The number of ether oxygens (including phenoxy) is 1. The number of halogens is 3. The summed E-state index contributed by atoms with van der Waals surface area (Å²) in [6.45, 7) is 0. The van der Waals surface area contributed by atoms with Gasteiger partial charge in [-0.2, -0.15) is 0 Å². The van der Waals surface area contributed by atoms with Crippen molar-refractivity contribution in [3.63, 3.8) is 0 Å².